The van der Waals surface area contributed by atoms with Crippen LogP contribution in [0.2, 0.25) is 0 Å². The number of rotatable bonds is 21. The summed E-state index contributed by atoms with van der Waals surface area (Å²) in [6.07, 6.45) is 1.09. The van der Waals surface area contributed by atoms with Gasteiger partial charge in [-0.2, -0.15) is 0 Å². The zero-order valence-electron chi connectivity index (χ0n) is 24.4. The molecular formula is C26H49NaO13S. The van der Waals surface area contributed by atoms with Gasteiger partial charge in [-0.05, 0) is 6.42 Å². The average molecular weight is 625 g/mol. The van der Waals surface area contributed by atoms with Crippen LogP contribution < -0.4 is 29.6 Å². The van der Waals surface area contributed by atoms with E-state index in [0.717, 1.165) is 19.3 Å². The van der Waals surface area contributed by atoms with Crippen LogP contribution in [0.5, 0.6) is 0 Å². The number of aliphatic hydroxyl groups is 5. The molecule has 0 unspecified atom stereocenters. The zero-order chi connectivity index (χ0) is 29.5. The van der Waals surface area contributed by atoms with Crippen molar-refractivity contribution in [2.24, 2.45) is 0 Å². The molecule has 41 heavy (non-hydrogen) atoms. The van der Waals surface area contributed by atoms with Crippen LogP contribution in [-0.2, 0) is 33.5 Å². The van der Waals surface area contributed by atoms with Gasteiger partial charge in [0.1, 0.15) is 48.8 Å². The monoisotopic (exact) mass is 624 g/mol. The third-order valence-electron chi connectivity index (χ3n) is 7.31. The van der Waals surface area contributed by atoms with E-state index < -0.39 is 72.1 Å². The van der Waals surface area contributed by atoms with Crippen LogP contribution in [0, 0.1) is 0 Å². The summed E-state index contributed by atoms with van der Waals surface area (Å²) in [5, 5.41) is 51.0. The Morgan fingerprint density at radius 2 is 1.46 bits per heavy atom. The Morgan fingerprint density at radius 3 is 2.00 bits per heavy atom. The molecule has 0 bridgehead atoms. The second-order valence-electron chi connectivity index (χ2n) is 10.7. The van der Waals surface area contributed by atoms with E-state index >= 15 is 0 Å². The molecule has 0 aliphatic carbocycles. The standard InChI is InChI=1S/C26H50O13S.Na/c1-2-3-4-5-6-7-8-9-10-11-12-13-14-35-16-18(28)23-24(19(29)17-36-23)38-26-22(31)21(30)25(20(15-27)37-26)39-40(32,33)34;/h18-31H,2-17H2,1H3,(H,32,33,34);/q;+1/p-1/t18-,19+,20+,21+,22+,23+,24-,25-,26-;/m0./s1. The fourth-order valence-corrected chi connectivity index (χ4v) is 5.55. The van der Waals surface area contributed by atoms with Crippen molar-refractivity contribution < 1.29 is 91.2 Å². The van der Waals surface area contributed by atoms with Crippen molar-refractivity contribution in [1.29, 1.82) is 0 Å². The van der Waals surface area contributed by atoms with Crippen molar-refractivity contribution in [1.82, 2.24) is 0 Å². The minimum atomic E-state index is -5.28. The molecule has 5 N–H and O–H groups in total. The van der Waals surface area contributed by atoms with E-state index in [1.165, 1.54) is 57.8 Å². The van der Waals surface area contributed by atoms with Gasteiger partial charge in [-0.1, -0.05) is 77.6 Å². The Kier molecular flexibility index (Phi) is 20.5. The maximum atomic E-state index is 10.9. The summed E-state index contributed by atoms with van der Waals surface area (Å²) in [5.74, 6) is 0. The van der Waals surface area contributed by atoms with Crippen molar-refractivity contribution in [3.05, 3.63) is 0 Å². The maximum absolute atomic E-state index is 10.9. The van der Waals surface area contributed by atoms with Gasteiger partial charge in [0, 0.05) is 6.61 Å². The van der Waals surface area contributed by atoms with Gasteiger partial charge in [-0.15, -0.1) is 0 Å². The number of unbranched alkanes of at least 4 members (excludes halogenated alkanes) is 11. The average Bonchev–Trinajstić information content (AvgIpc) is 3.27. The van der Waals surface area contributed by atoms with E-state index in [2.05, 4.69) is 11.1 Å². The molecule has 0 spiro atoms. The van der Waals surface area contributed by atoms with Crippen molar-refractivity contribution in [3.63, 3.8) is 0 Å². The van der Waals surface area contributed by atoms with Crippen LogP contribution in [0.25, 0.3) is 0 Å². The summed E-state index contributed by atoms with van der Waals surface area (Å²) in [4.78, 5) is 0. The molecule has 0 radical (unpaired) electrons. The van der Waals surface area contributed by atoms with Crippen molar-refractivity contribution >= 4 is 10.4 Å². The molecule has 13 nitrogen and oxygen atoms in total. The van der Waals surface area contributed by atoms with Gasteiger partial charge in [-0.3, -0.25) is 4.18 Å². The summed E-state index contributed by atoms with van der Waals surface area (Å²) in [6.45, 7) is 1.55. The zero-order valence-corrected chi connectivity index (χ0v) is 27.2. The molecule has 0 saturated carbocycles. The Balaban J connectivity index is 0.00000840. The molecule has 2 fully saturated rings. The first-order valence-corrected chi connectivity index (χ1v) is 15.9. The molecule has 0 aromatic heterocycles. The van der Waals surface area contributed by atoms with E-state index in [4.69, 9.17) is 18.9 Å². The first kappa shape index (κ1) is 39.5. The van der Waals surface area contributed by atoms with Crippen LogP contribution >= 0.6 is 0 Å². The summed E-state index contributed by atoms with van der Waals surface area (Å²) in [7, 11) is -5.28. The fraction of sp³-hybridized carbons (Fsp3) is 1.00. The van der Waals surface area contributed by atoms with E-state index in [9.17, 15) is 38.5 Å². The minimum Gasteiger partial charge on any atom is -0.726 e. The van der Waals surface area contributed by atoms with Crippen LogP contribution in [0.3, 0.4) is 0 Å². The van der Waals surface area contributed by atoms with Crippen molar-refractivity contribution in [2.75, 3.05) is 26.4 Å². The second-order valence-corrected chi connectivity index (χ2v) is 11.7. The molecule has 9 atom stereocenters. The number of hydrogen-bond acceptors (Lipinski definition) is 13. The maximum Gasteiger partial charge on any atom is 1.00 e. The number of aliphatic hydroxyl groups excluding tert-OH is 5. The topological polar surface area (TPSA) is 204 Å². The Bertz CT molecular complexity index is 774. The van der Waals surface area contributed by atoms with Gasteiger partial charge in [0.25, 0.3) is 0 Å². The second kappa shape index (κ2) is 21.3. The Hall–Kier alpha value is 0.510. The predicted octanol–water partition coefficient (Wildman–Crippen LogP) is -2.50. The molecule has 2 aliphatic rings. The van der Waals surface area contributed by atoms with Crippen LogP contribution in [0.15, 0.2) is 0 Å². The van der Waals surface area contributed by atoms with E-state index in [1.807, 2.05) is 0 Å². The van der Waals surface area contributed by atoms with Gasteiger partial charge >= 0.3 is 29.6 Å². The molecule has 15 heteroatoms. The molecule has 0 aromatic carbocycles. The van der Waals surface area contributed by atoms with Crippen LogP contribution in [0.1, 0.15) is 84.0 Å². The van der Waals surface area contributed by atoms with Gasteiger partial charge in [0.05, 0.1) is 19.8 Å². The first-order valence-electron chi connectivity index (χ1n) is 14.6. The van der Waals surface area contributed by atoms with Crippen LogP contribution in [-0.4, -0.2) is 120 Å². The van der Waals surface area contributed by atoms with E-state index in [-0.39, 0.29) is 42.8 Å². The molecule has 2 aliphatic heterocycles. The predicted molar refractivity (Wildman–Crippen MR) is 141 cm³/mol. The summed E-state index contributed by atoms with van der Waals surface area (Å²) >= 11 is 0. The normalized spacial score (nSPS) is 31.2. The van der Waals surface area contributed by atoms with Crippen molar-refractivity contribution in [2.45, 2.75) is 139 Å². The summed E-state index contributed by atoms with van der Waals surface area (Å²) < 4.78 is 59.0. The quantitative estimate of drug-likeness (QED) is 0.0388. The molecule has 2 saturated heterocycles. The summed E-state index contributed by atoms with van der Waals surface area (Å²) in [5.41, 5.74) is 0. The number of ether oxygens (including phenoxy) is 4. The smallest absolute Gasteiger partial charge is 0.726 e. The van der Waals surface area contributed by atoms with Gasteiger partial charge in [-0.25, -0.2) is 8.42 Å². The Labute approximate surface area is 266 Å². The molecular weight excluding hydrogens is 575 g/mol. The molecule has 2 rings (SSSR count). The third kappa shape index (κ3) is 14.4. The fourth-order valence-electron chi connectivity index (χ4n) is 5.04. The first-order chi connectivity index (χ1) is 19.1. The minimum absolute atomic E-state index is 0. The van der Waals surface area contributed by atoms with E-state index in [0.29, 0.717) is 6.61 Å². The summed E-state index contributed by atoms with van der Waals surface area (Å²) in [6, 6.07) is 0. The van der Waals surface area contributed by atoms with Gasteiger partial charge in [0.2, 0.25) is 10.4 Å². The third-order valence-corrected chi connectivity index (χ3v) is 7.77. The molecule has 2 heterocycles. The largest absolute Gasteiger partial charge is 1.00 e. The Morgan fingerprint density at radius 1 is 0.902 bits per heavy atom. The molecule has 0 amide bonds. The number of hydrogen-bond donors (Lipinski definition) is 5. The van der Waals surface area contributed by atoms with Gasteiger partial charge in [0.15, 0.2) is 6.29 Å². The van der Waals surface area contributed by atoms with Crippen LogP contribution in [0.4, 0.5) is 0 Å². The molecule has 238 valence electrons. The van der Waals surface area contributed by atoms with E-state index in [1.54, 1.807) is 0 Å². The SMILES string of the molecule is CCCCCCCCCCCCCCOC[C@H](O)[C@H]1OC[C@@H](O)[C@@H]1O[C@@H]1O[C@H](CO)[C@H](OS(=O)(=O)[O-])[C@H](O)[C@H]1O.[Na+]. The van der Waals surface area contributed by atoms with Crippen molar-refractivity contribution in [3.8, 4) is 0 Å². The van der Waals surface area contributed by atoms with Gasteiger partial charge < -0.3 is 49.0 Å². The molecule has 0 aromatic rings.